The monoisotopic (exact) mass is 504 g/mol. The predicted octanol–water partition coefficient (Wildman–Crippen LogP) is 7.26. The Bertz CT molecular complexity index is 1470. The zero-order valence-electron chi connectivity index (χ0n) is 18.6. The summed E-state index contributed by atoms with van der Waals surface area (Å²) in [6, 6.07) is 22.7. The van der Waals surface area contributed by atoms with Crippen LogP contribution < -0.4 is 4.90 Å². The summed E-state index contributed by atoms with van der Waals surface area (Å²) < 4.78 is 17.0. The van der Waals surface area contributed by atoms with Crippen molar-refractivity contribution < 1.29 is 9.18 Å². The lowest BCUT2D eigenvalue weighted by Crippen LogP contribution is -2.27. The minimum atomic E-state index is -0.227. The van der Waals surface area contributed by atoms with E-state index < -0.39 is 0 Å². The van der Waals surface area contributed by atoms with Crippen LogP contribution in [0.1, 0.15) is 16.8 Å². The minimum Gasteiger partial charge on any atom is -0.340 e. The molecule has 0 saturated carbocycles. The zero-order valence-corrected chi connectivity index (χ0v) is 21.1. The fourth-order valence-electron chi connectivity index (χ4n) is 4.21. The maximum Gasteiger partial charge on any atom is 0.270 e. The number of fused-ring (bicyclic) bond motifs is 1. The van der Waals surface area contributed by atoms with Crippen LogP contribution >= 0.6 is 35.7 Å². The molecular weight excluding hydrogens is 484 g/mol. The van der Waals surface area contributed by atoms with Crippen LogP contribution in [0.25, 0.3) is 17.0 Å². The first-order valence-electron chi connectivity index (χ1n) is 10.7. The van der Waals surface area contributed by atoms with Crippen LogP contribution in [0.5, 0.6) is 0 Å². The summed E-state index contributed by atoms with van der Waals surface area (Å²) in [6.07, 6.45) is 3.93. The van der Waals surface area contributed by atoms with Gasteiger partial charge < -0.3 is 4.57 Å². The molecule has 1 aromatic heterocycles. The van der Waals surface area contributed by atoms with Crippen molar-refractivity contribution in [3.05, 3.63) is 100 Å². The number of carbonyl (C=O) groups is 1. The number of anilines is 1. The van der Waals surface area contributed by atoms with Crippen molar-refractivity contribution >= 4 is 68.6 Å². The Morgan fingerprint density at radius 2 is 1.82 bits per heavy atom. The van der Waals surface area contributed by atoms with Gasteiger partial charge in [-0.3, -0.25) is 9.69 Å². The molecule has 0 atom stereocenters. The van der Waals surface area contributed by atoms with Crippen LogP contribution in [0.4, 0.5) is 10.1 Å². The SMILES string of the molecule is CSc1cccc(N2C(=O)/C(=C/c3c(C)n(Cc4ccccc4F)c4ccccc34)SC2=S)c1. The fraction of sp³-hybridized carbons (Fsp3) is 0.111. The van der Waals surface area contributed by atoms with Crippen LogP contribution in [-0.4, -0.2) is 21.1 Å². The number of nitrogens with zero attached hydrogens (tertiary/aromatic N) is 2. The van der Waals surface area contributed by atoms with E-state index in [-0.39, 0.29) is 11.7 Å². The summed E-state index contributed by atoms with van der Waals surface area (Å²) in [5, 5.41) is 1.02. The summed E-state index contributed by atoms with van der Waals surface area (Å²) in [7, 11) is 0. The number of aromatic nitrogens is 1. The zero-order chi connectivity index (χ0) is 23.8. The lowest BCUT2D eigenvalue weighted by Gasteiger charge is -2.15. The van der Waals surface area contributed by atoms with Crippen molar-refractivity contribution in [2.24, 2.45) is 0 Å². The summed E-state index contributed by atoms with van der Waals surface area (Å²) in [4.78, 5) is 16.6. The largest absolute Gasteiger partial charge is 0.340 e. The number of thiocarbonyl (C=S) groups is 1. The maximum absolute atomic E-state index is 14.4. The Hall–Kier alpha value is -2.87. The standard InChI is InChI=1S/C27H21FN2OS3/c1-17-22(15-25-26(31)30(27(32)34-25)19-9-7-10-20(14-19)33-2)21-11-4-6-13-24(21)29(17)16-18-8-3-5-12-23(18)28/h3-15H,16H2,1-2H3/b25-15-. The number of amides is 1. The van der Waals surface area contributed by atoms with Crippen LogP contribution in [0.2, 0.25) is 0 Å². The first-order chi connectivity index (χ1) is 16.5. The second-order valence-corrected chi connectivity index (χ2v) is 10.5. The Morgan fingerprint density at radius 3 is 2.62 bits per heavy atom. The van der Waals surface area contributed by atoms with E-state index in [0.29, 0.717) is 21.3 Å². The van der Waals surface area contributed by atoms with E-state index >= 15 is 0 Å². The second-order valence-electron chi connectivity index (χ2n) is 7.91. The third kappa shape index (κ3) is 4.08. The molecule has 0 radical (unpaired) electrons. The topological polar surface area (TPSA) is 25.2 Å². The molecule has 34 heavy (non-hydrogen) atoms. The van der Waals surface area contributed by atoms with E-state index in [2.05, 4.69) is 4.57 Å². The first-order valence-corrected chi connectivity index (χ1v) is 13.2. The minimum absolute atomic E-state index is 0.126. The molecule has 0 bridgehead atoms. The highest BCUT2D eigenvalue weighted by atomic mass is 32.2. The normalized spacial score (nSPS) is 15.1. The highest BCUT2D eigenvalue weighted by Crippen LogP contribution is 2.39. The van der Waals surface area contributed by atoms with Gasteiger partial charge in [0.1, 0.15) is 5.82 Å². The number of hydrogen-bond acceptors (Lipinski definition) is 4. The van der Waals surface area contributed by atoms with Crippen molar-refractivity contribution in [1.29, 1.82) is 0 Å². The first kappa shape index (κ1) is 22.9. The third-order valence-corrected chi connectivity index (χ3v) is 7.97. The molecule has 7 heteroatoms. The lowest BCUT2D eigenvalue weighted by atomic mass is 10.1. The van der Waals surface area contributed by atoms with Gasteiger partial charge >= 0.3 is 0 Å². The van der Waals surface area contributed by atoms with E-state index in [0.717, 1.165) is 32.7 Å². The molecule has 0 unspecified atom stereocenters. The van der Waals surface area contributed by atoms with Gasteiger partial charge in [-0.05, 0) is 49.6 Å². The van der Waals surface area contributed by atoms with E-state index in [9.17, 15) is 9.18 Å². The quantitative estimate of drug-likeness (QED) is 0.162. The molecule has 3 nitrogen and oxygen atoms in total. The number of halogens is 1. The van der Waals surface area contributed by atoms with E-state index in [1.165, 1.54) is 17.8 Å². The van der Waals surface area contributed by atoms with Gasteiger partial charge in [-0.25, -0.2) is 4.39 Å². The average Bonchev–Trinajstić information content (AvgIpc) is 3.28. The van der Waals surface area contributed by atoms with Gasteiger partial charge in [0.05, 0.1) is 17.1 Å². The van der Waals surface area contributed by atoms with E-state index in [4.69, 9.17) is 12.2 Å². The summed E-state index contributed by atoms with van der Waals surface area (Å²) >= 11 is 8.51. The number of carbonyl (C=O) groups excluding carboxylic acids is 1. The number of benzene rings is 3. The van der Waals surface area contributed by atoms with Crippen molar-refractivity contribution in [3.8, 4) is 0 Å². The Morgan fingerprint density at radius 1 is 1.06 bits per heavy atom. The van der Waals surface area contributed by atoms with Gasteiger partial charge in [0, 0.05) is 32.6 Å². The summed E-state index contributed by atoms with van der Waals surface area (Å²) in [5.74, 6) is -0.354. The average molecular weight is 505 g/mol. The molecule has 1 saturated heterocycles. The number of rotatable bonds is 5. The van der Waals surface area contributed by atoms with Crippen molar-refractivity contribution in [2.75, 3.05) is 11.2 Å². The molecule has 0 N–H and O–H groups in total. The van der Waals surface area contributed by atoms with Crippen LogP contribution in [0.3, 0.4) is 0 Å². The summed E-state index contributed by atoms with van der Waals surface area (Å²) in [6.45, 7) is 2.42. The molecule has 0 aliphatic carbocycles. The van der Waals surface area contributed by atoms with Crippen LogP contribution in [0, 0.1) is 12.7 Å². The molecule has 1 amide bonds. The molecule has 4 aromatic rings. The predicted molar refractivity (Wildman–Crippen MR) is 146 cm³/mol. The van der Waals surface area contributed by atoms with E-state index in [1.807, 2.05) is 73.9 Å². The van der Waals surface area contributed by atoms with Crippen LogP contribution in [-0.2, 0) is 11.3 Å². The molecule has 0 spiro atoms. The maximum atomic E-state index is 14.4. The molecule has 3 aromatic carbocycles. The number of hydrogen-bond donors (Lipinski definition) is 0. The number of para-hydroxylation sites is 1. The molecule has 1 aliphatic rings. The Labute approximate surface area is 211 Å². The van der Waals surface area contributed by atoms with Gasteiger partial charge in [0.2, 0.25) is 0 Å². The Balaban J connectivity index is 1.57. The molecular formula is C27H21FN2OS3. The molecule has 5 rings (SSSR count). The van der Waals surface area contributed by atoms with Crippen molar-refractivity contribution in [1.82, 2.24) is 4.57 Å². The molecule has 2 heterocycles. The van der Waals surface area contributed by atoms with Gasteiger partial charge in [-0.2, -0.15) is 0 Å². The highest BCUT2D eigenvalue weighted by Gasteiger charge is 2.34. The second kappa shape index (κ2) is 9.41. The Kier molecular flexibility index (Phi) is 6.34. The van der Waals surface area contributed by atoms with Crippen LogP contribution in [0.15, 0.2) is 82.6 Å². The lowest BCUT2D eigenvalue weighted by molar-refractivity contribution is -0.113. The fourth-order valence-corrected chi connectivity index (χ4v) is 5.95. The van der Waals surface area contributed by atoms with Gasteiger partial charge in [0.25, 0.3) is 5.91 Å². The highest BCUT2D eigenvalue weighted by molar-refractivity contribution is 8.27. The molecule has 170 valence electrons. The van der Waals surface area contributed by atoms with Gasteiger partial charge in [-0.15, -0.1) is 11.8 Å². The van der Waals surface area contributed by atoms with E-state index in [1.54, 1.807) is 28.8 Å². The van der Waals surface area contributed by atoms with Crippen molar-refractivity contribution in [2.45, 2.75) is 18.4 Å². The molecule has 1 fully saturated rings. The van der Waals surface area contributed by atoms with Crippen molar-refractivity contribution in [3.63, 3.8) is 0 Å². The van der Waals surface area contributed by atoms with Gasteiger partial charge in [0.15, 0.2) is 4.32 Å². The smallest absolute Gasteiger partial charge is 0.270 e. The number of thioether (sulfide) groups is 2. The van der Waals surface area contributed by atoms with Gasteiger partial charge in [-0.1, -0.05) is 66.4 Å². The molecule has 1 aliphatic heterocycles. The third-order valence-electron chi connectivity index (χ3n) is 5.95. The summed E-state index contributed by atoms with van der Waals surface area (Å²) in [5.41, 5.74) is 4.32.